The topological polar surface area (TPSA) is 9.23 Å². The van der Waals surface area contributed by atoms with Crippen LogP contribution in [0.15, 0.2) is 0 Å². The van der Waals surface area contributed by atoms with Gasteiger partial charge in [-0.2, -0.15) is 0 Å². The van der Waals surface area contributed by atoms with E-state index in [1.165, 1.54) is 7.11 Å². The zero-order chi connectivity index (χ0) is 4.99. The highest BCUT2D eigenvalue weighted by atomic mass is 35.7. The molecule has 0 aromatic rings. The Balaban J connectivity index is 2.99. The largest absolute Gasteiger partial charge is 0.481 e. The summed E-state index contributed by atoms with van der Waals surface area (Å²) in [6, 6.07) is 0. The van der Waals surface area contributed by atoms with E-state index < -0.39 is 0 Å². The van der Waals surface area contributed by atoms with Crippen LogP contribution in [-0.2, 0) is 4.74 Å². The lowest BCUT2D eigenvalue weighted by Crippen LogP contribution is -1.83. The molecule has 1 nitrogen and oxygen atoms in total. The van der Waals surface area contributed by atoms with E-state index in [1.807, 2.05) is 0 Å². The van der Waals surface area contributed by atoms with Crippen molar-refractivity contribution in [3.05, 3.63) is 0 Å². The van der Waals surface area contributed by atoms with Crippen LogP contribution in [0.1, 0.15) is 0 Å². The van der Waals surface area contributed by atoms with Crippen molar-refractivity contribution < 1.29 is 4.74 Å². The fourth-order valence-corrected chi connectivity index (χ4v) is 0.283. The van der Waals surface area contributed by atoms with E-state index in [0.29, 0.717) is 4.38 Å². The van der Waals surface area contributed by atoms with Crippen molar-refractivity contribution in [3.8, 4) is 0 Å². The number of halogens is 1. The van der Waals surface area contributed by atoms with Crippen molar-refractivity contribution in [2.45, 2.75) is 0 Å². The zero-order valence-electron chi connectivity index (χ0n) is 3.10. The van der Waals surface area contributed by atoms with E-state index in [-0.39, 0.29) is 0 Å². The zero-order valence-corrected chi connectivity index (χ0v) is 5.49. The van der Waals surface area contributed by atoms with Gasteiger partial charge in [-0.3, -0.25) is 0 Å². The molecule has 0 spiro atoms. The molecule has 0 aromatic carbocycles. The van der Waals surface area contributed by atoms with E-state index >= 15 is 0 Å². The highest BCUT2D eigenvalue weighted by molar-refractivity contribution is 8.38. The van der Waals surface area contributed by atoms with Crippen LogP contribution >= 0.6 is 33.9 Å². The van der Waals surface area contributed by atoms with E-state index in [1.54, 1.807) is 0 Å². The summed E-state index contributed by atoms with van der Waals surface area (Å²) in [5, 5.41) is 0. The first-order valence-electron chi connectivity index (χ1n) is 1.17. The van der Waals surface area contributed by atoms with Crippen molar-refractivity contribution in [1.29, 1.82) is 0 Å². The fraction of sp³-hybridized carbons (Fsp3) is 0.500. The van der Waals surface area contributed by atoms with E-state index in [4.69, 9.17) is 10.7 Å². The predicted molar refractivity (Wildman–Crippen MR) is 33.1 cm³/mol. The molecule has 0 aliphatic rings. The maximum atomic E-state index is 5.10. The Bertz CT molecular complexity index is 49.5. The normalized spacial score (nSPS) is 7.67. The van der Waals surface area contributed by atoms with Crippen molar-refractivity contribution >= 4 is 38.3 Å². The minimum absolute atomic E-state index is 0.358. The summed E-state index contributed by atoms with van der Waals surface area (Å²) in [5.41, 5.74) is 0. The molecule has 0 atom stereocenters. The Kier molecular flexibility index (Phi) is 4.04. The van der Waals surface area contributed by atoms with Gasteiger partial charge in [-0.05, 0) is 22.9 Å². The first kappa shape index (κ1) is 6.53. The average Bonchev–Trinajstić information content (AvgIpc) is 1.65. The lowest BCUT2D eigenvalue weighted by molar-refractivity contribution is 0.426. The van der Waals surface area contributed by atoms with Gasteiger partial charge in [0.25, 0.3) is 0 Å². The van der Waals surface area contributed by atoms with Gasteiger partial charge >= 0.3 is 0 Å². The average molecular weight is 143 g/mol. The Labute approximate surface area is 50.5 Å². The Hall–Kier alpha value is 0.530. The Morgan fingerprint density at radius 1 is 2.00 bits per heavy atom. The van der Waals surface area contributed by atoms with Gasteiger partial charge in [0, 0.05) is 11.0 Å². The molecule has 4 heteroatoms. The third-order valence-electron chi connectivity index (χ3n) is 0.230. The highest BCUT2D eigenvalue weighted by Crippen LogP contribution is 2.08. The molecule has 6 heavy (non-hydrogen) atoms. The van der Waals surface area contributed by atoms with Crippen LogP contribution in [0.25, 0.3) is 0 Å². The van der Waals surface area contributed by atoms with Crippen LogP contribution in [0.5, 0.6) is 0 Å². The molecule has 0 heterocycles. The Morgan fingerprint density at radius 3 is 2.50 bits per heavy atom. The molecule has 0 saturated heterocycles. The number of rotatable bonds is 0. The molecule has 0 aromatic heterocycles. The van der Waals surface area contributed by atoms with Gasteiger partial charge in [-0.25, -0.2) is 0 Å². The third kappa shape index (κ3) is 2.75. The number of hydrogen-bond donors (Lipinski definition) is 0. The van der Waals surface area contributed by atoms with Crippen LogP contribution in [0.4, 0.5) is 0 Å². The molecule has 0 amide bonds. The minimum Gasteiger partial charge on any atom is -0.481 e. The molecular weight excluding hydrogens is 140 g/mol. The monoisotopic (exact) mass is 142 g/mol. The summed E-state index contributed by atoms with van der Waals surface area (Å²) in [6.07, 6.45) is 0. The summed E-state index contributed by atoms with van der Waals surface area (Å²) < 4.78 is 4.82. The fourth-order valence-electron chi connectivity index (χ4n) is 0.0315. The summed E-state index contributed by atoms with van der Waals surface area (Å²) in [4.78, 5) is 0. The van der Waals surface area contributed by atoms with Gasteiger partial charge in [0.15, 0.2) is 0 Å². The molecular formula is C2H3ClOS2. The van der Waals surface area contributed by atoms with Gasteiger partial charge in [0.2, 0.25) is 4.38 Å². The standard InChI is InChI=1S/C2H3ClOS2/c1-4-2(5)6-3/h1H3. The first-order chi connectivity index (χ1) is 2.81. The SMILES string of the molecule is COC(=S)SCl. The van der Waals surface area contributed by atoms with Crippen LogP contribution < -0.4 is 0 Å². The molecule has 0 saturated carbocycles. The third-order valence-corrected chi connectivity index (χ3v) is 1.63. The van der Waals surface area contributed by atoms with Crippen molar-refractivity contribution in [2.24, 2.45) is 0 Å². The molecule has 0 aliphatic carbocycles. The quantitative estimate of drug-likeness (QED) is 0.478. The van der Waals surface area contributed by atoms with Gasteiger partial charge in [0.1, 0.15) is 0 Å². The van der Waals surface area contributed by atoms with Crippen LogP contribution in [0.2, 0.25) is 0 Å². The molecule has 0 rings (SSSR count). The number of ether oxygens (including phenoxy) is 1. The number of hydrogen-bond acceptors (Lipinski definition) is 3. The van der Waals surface area contributed by atoms with Crippen LogP contribution in [0, 0.1) is 0 Å². The van der Waals surface area contributed by atoms with Crippen molar-refractivity contribution in [2.75, 3.05) is 7.11 Å². The molecule has 0 radical (unpaired) electrons. The van der Waals surface area contributed by atoms with E-state index in [9.17, 15) is 0 Å². The second-order valence-electron chi connectivity index (χ2n) is 0.531. The lowest BCUT2D eigenvalue weighted by atomic mass is 11.5. The summed E-state index contributed by atoms with van der Waals surface area (Å²) in [6.45, 7) is 0. The predicted octanol–water partition coefficient (Wildman–Crippen LogP) is 1.80. The minimum atomic E-state index is 0.358. The van der Waals surface area contributed by atoms with E-state index in [2.05, 4.69) is 17.0 Å². The first-order valence-corrected chi connectivity index (χ1v) is 3.23. The van der Waals surface area contributed by atoms with E-state index in [0.717, 1.165) is 11.0 Å². The number of methoxy groups -OCH3 is 1. The maximum Gasteiger partial charge on any atom is 0.235 e. The second-order valence-corrected chi connectivity index (χ2v) is 2.15. The van der Waals surface area contributed by atoms with Gasteiger partial charge in [-0.1, -0.05) is 0 Å². The van der Waals surface area contributed by atoms with Crippen LogP contribution in [0.3, 0.4) is 0 Å². The maximum absolute atomic E-state index is 5.10. The summed E-state index contributed by atoms with van der Waals surface area (Å²) in [7, 11) is 7.49. The molecule has 0 unspecified atom stereocenters. The van der Waals surface area contributed by atoms with Crippen LogP contribution in [-0.4, -0.2) is 11.5 Å². The molecule has 0 fully saturated rings. The highest BCUT2D eigenvalue weighted by Gasteiger charge is 1.85. The molecule has 0 bridgehead atoms. The molecule has 0 N–H and O–H groups in total. The Morgan fingerprint density at radius 2 is 2.50 bits per heavy atom. The lowest BCUT2D eigenvalue weighted by Gasteiger charge is -1.88. The van der Waals surface area contributed by atoms with Crippen molar-refractivity contribution in [1.82, 2.24) is 0 Å². The number of thiocarbonyl (C=S) groups is 1. The van der Waals surface area contributed by atoms with Gasteiger partial charge < -0.3 is 4.74 Å². The summed E-state index contributed by atoms with van der Waals surface area (Å²) in [5.74, 6) is 0. The van der Waals surface area contributed by atoms with Gasteiger partial charge in [0.05, 0.1) is 7.11 Å². The molecule has 0 aliphatic heterocycles. The van der Waals surface area contributed by atoms with Crippen molar-refractivity contribution in [3.63, 3.8) is 0 Å². The molecule has 36 valence electrons. The van der Waals surface area contributed by atoms with Gasteiger partial charge in [-0.15, -0.1) is 0 Å². The smallest absolute Gasteiger partial charge is 0.235 e. The summed E-state index contributed by atoms with van der Waals surface area (Å²) >= 11 is 4.47. The second kappa shape index (κ2) is 3.71.